The Balaban J connectivity index is 1.28. The number of rotatable bonds is 3. The first kappa shape index (κ1) is 17.8. The van der Waals surface area contributed by atoms with Crippen LogP contribution >= 0.6 is 0 Å². The molecule has 0 radical (unpaired) electrons. The van der Waals surface area contributed by atoms with Crippen molar-refractivity contribution >= 4 is 5.91 Å². The van der Waals surface area contributed by atoms with E-state index in [-0.39, 0.29) is 11.9 Å². The third-order valence-electron chi connectivity index (χ3n) is 6.67. The number of pyridine rings is 2. The Bertz CT molecular complexity index is 842. The van der Waals surface area contributed by atoms with E-state index in [4.69, 9.17) is 0 Å². The zero-order valence-corrected chi connectivity index (χ0v) is 16.1. The summed E-state index contributed by atoms with van der Waals surface area (Å²) in [4.78, 5) is 23.8. The van der Waals surface area contributed by atoms with Gasteiger partial charge in [-0.2, -0.15) is 0 Å². The second-order valence-electron chi connectivity index (χ2n) is 8.30. The maximum Gasteiger partial charge on any atom is 0.241 e. The molecule has 2 saturated heterocycles. The van der Waals surface area contributed by atoms with Crippen LogP contribution in [0.1, 0.15) is 43.6 Å². The molecule has 4 atom stereocenters. The highest BCUT2D eigenvalue weighted by atomic mass is 16.2. The summed E-state index contributed by atoms with van der Waals surface area (Å²) in [6.07, 6.45) is 11.3. The van der Waals surface area contributed by atoms with Crippen LogP contribution < -0.4 is 10.9 Å². The monoisotopic (exact) mass is 377 g/mol. The summed E-state index contributed by atoms with van der Waals surface area (Å²) in [7, 11) is 0. The van der Waals surface area contributed by atoms with Gasteiger partial charge in [0.05, 0.1) is 5.69 Å². The van der Waals surface area contributed by atoms with Gasteiger partial charge in [-0.05, 0) is 49.1 Å². The average Bonchev–Trinajstić information content (AvgIpc) is 3.42. The van der Waals surface area contributed by atoms with Gasteiger partial charge in [-0.25, -0.2) is 5.43 Å². The number of likely N-dealkylation sites (tertiary alicyclic amines) is 1. The lowest BCUT2D eigenvalue weighted by Crippen LogP contribution is -2.47. The Kier molecular flexibility index (Phi) is 4.82. The maximum atomic E-state index is 13.2. The van der Waals surface area contributed by atoms with Crippen LogP contribution in [0.15, 0.2) is 42.9 Å². The van der Waals surface area contributed by atoms with Crippen molar-refractivity contribution in [3.8, 4) is 11.3 Å². The van der Waals surface area contributed by atoms with Crippen molar-refractivity contribution in [3.05, 3.63) is 48.4 Å². The molecule has 3 fully saturated rings. The summed E-state index contributed by atoms with van der Waals surface area (Å²) in [5.41, 5.74) is 9.99. The Morgan fingerprint density at radius 2 is 1.89 bits per heavy atom. The van der Waals surface area contributed by atoms with E-state index in [0.717, 1.165) is 37.2 Å². The van der Waals surface area contributed by atoms with E-state index >= 15 is 0 Å². The van der Waals surface area contributed by atoms with Gasteiger partial charge in [0.25, 0.3) is 0 Å². The van der Waals surface area contributed by atoms with Crippen LogP contribution in [0, 0.1) is 5.92 Å². The van der Waals surface area contributed by atoms with Crippen molar-refractivity contribution in [2.75, 3.05) is 13.1 Å². The number of hydrazine groups is 1. The zero-order valence-electron chi connectivity index (χ0n) is 16.1. The number of hydrogen-bond donors (Lipinski definition) is 2. The molecule has 1 aliphatic carbocycles. The van der Waals surface area contributed by atoms with Gasteiger partial charge in [-0.15, -0.1) is 0 Å². The van der Waals surface area contributed by atoms with Gasteiger partial charge >= 0.3 is 0 Å². The second kappa shape index (κ2) is 7.60. The summed E-state index contributed by atoms with van der Waals surface area (Å²) in [5.74, 6) is 1.09. The van der Waals surface area contributed by atoms with E-state index in [1.807, 2.05) is 18.3 Å². The Hall–Kier alpha value is -2.31. The smallest absolute Gasteiger partial charge is 0.241 e. The van der Waals surface area contributed by atoms with Gasteiger partial charge in [0, 0.05) is 55.1 Å². The molecule has 2 aromatic heterocycles. The molecule has 5 rings (SSSR count). The molecule has 4 unspecified atom stereocenters. The van der Waals surface area contributed by atoms with Crippen LogP contribution in [0.2, 0.25) is 0 Å². The van der Waals surface area contributed by atoms with Crippen LogP contribution in [0.25, 0.3) is 11.3 Å². The van der Waals surface area contributed by atoms with Crippen LogP contribution in [0.5, 0.6) is 0 Å². The molecule has 146 valence electrons. The van der Waals surface area contributed by atoms with E-state index in [9.17, 15) is 4.79 Å². The van der Waals surface area contributed by atoms with E-state index in [0.29, 0.717) is 17.9 Å². The van der Waals surface area contributed by atoms with Gasteiger partial charge < -0.3 is 4.90 Å². The van der Waals surface area contributed by atoms with E-state index in [1.165, 1.54) is 24.8 Å². The lowest BCUT2D eigenvalue weighted by molar-refractivity contribution is -0.133. The number of carbonyl (C=O) groups excluding carboxylic acids is 1. The van der Waals surface area contributed by atoms with Crippen molar-refractivity contribution < 1.29 is 4.79 Å². The quantitative estimate of drug-likeness (QED) is 0.860. The number of amides is 1. The maximum absolute atomic E-state index is 13.2. The first-order chi connectivity index (χ1) is 13.8. The molecule has 6 nitrogen and oxygen atoms in total. The minimum Gasteiger partial charge on any atom is -0.341 e. The van der Waals surface area contributed by atoms with Crippen molar-refractivity contribution in [1.29, 1.82) is 0 Å². The normalized spacial score (nSPS) is 29.6. The molecule has 0 spiro atoms. The Morgan fingerprint density at radius 3 is 2.79 bits per heavy atom. The first-order valence-electron chi connectivity index (χ1n) is 10.5. The molecule has 1 amide bonds. The molecule has 2 aliphatic heterocycles. The molecule has 4 heterocycles. The molecule has 2 aromatic rings. The van der Waals surface area contributed by atoms with Crippen molar-refractivity contribution in [2.45, 2.75) is 50.1 Å². The number of fused-ring (bicyclic) bond motifs is 1. The number of aromatic nitrogens is 2. The highest BCUT2D eigenvalue weighted by Gasteiger charge is 2.43. The van der Waals surface area contributed by atoms with Gasteiger partial charge in [0.15, 0.2) is 0 Å². The Labute approximate surface area is 165 Å². The third-order valence-corrected chi connectivity index (χ3v) is 6.67. The molecule has 28 heavy (non-hydrogen) atoms. The standard InChI is InChI=1S/C22H27N5O/c28-22(21-18-3-1-2-4-19(18)25-26-21)27-12-8-17(14-27)16-7-11-24-20(13-16)15-5-9-23-10-6-15/h5-7,9-11,13,17-19,21,25-26H,1-4,8,12,14H2. The van der Waals surface area contributed by atoms with Crippen LogP contribution in [0.4, 0.5) is 0 Å². The van der Waals surface area contributed by atoms with E-state index in [1.54, 1.807) is 12.4 Å². The largest absolute Gasteiger partial charge is 0.341 e. The van der Waals surface area contributed by atoms with Crippen LogP contribution in [0.3, 0.4) is 0 Å². The molecule has 2 N–H and O–H groups in total. The molecule has 1 saturated carbocycles. The molecule has 0 bridgehead atoms. The summed E-state index contributed by atoms with van der Waals surface area (Å²) >= 11 is 0. The van der Waals surface area contributed by atoms with Crippen LogP contribution in [-0.2, 0) is 4.79 Å². The number of carbonyl (C=O) groups is 1. The Morgan fingerprint density at radius 1 is 1.04 bits per heavy atom. The summed E-state index contributed by atoms with van der Waals surface area (Å²) < 4.78 is 0. The summed E-state index contributed by atoms with van der Waals surface area (Å²) in [5, 5.41) is 0. The predicted molar refractivity (Wildman–Crippen MR) is 107 cm³/mol. The highest BCUT2D eigenvalue weighted by molar-refractivity contribution is 5.83. The molecular weight excluding hydrogens is 350 g/mol. The first-order valence-corrected chi connectivity index (χ1v) is 10.5. The summed E-state index contributed by atoms with van der Waals surface area (Å²) in [6, 6.07) is 8.63. The van der Waals surface area contributed by atoms with Gasteiger partial charge in [-0.3, -0.25) is 20.2 Å². The molecule has 6 heteroatoms. The van der Waals surface area contributed by atoms with E-state index < -0.39 is 0 Å². The van der Waals surface area contributed by atoms with E-state index in [2.05, 4.69) is 37.9 Å². The van der Waals surface area contributed by atoms with Crippen molar-refractivity contribution in [2.24, 2.45) is 5.92 Å². The molecule has 0 aromatic carbocycles. The fourth-order valence-corrected chi connectivity index (χ4v) is 5.10. The summed E-state index contributed by atoms with van der Waals surface area (Å²) in [6.45, 7) is 1.64. The SMILES string of the molecule is O=C(C1NNC2CCCCC21)N1CCC(c2ccnc(-c3ccncc3)c2)C1. The second-order valence-corrected chi connectivity index (χ2v) is 8.30. The van der Waals surface area contributed by atoms with Crippen molar-refractivity contribution in [3.63, 3.8) is 0 Å². The molecular formula is C22H27N5O. The average molecular weight is 377 g/mol. The lowest BCUT2D eigenvalue weighted by Gasteiger charge is -2.29. The van der Waals surface area contributed by atoms with Gasteiger partial charge in [-0.1, -0.05) is 12.8 Å². The number of hydrogen-bond acceptors (Lipinski definition) is 5. The molecule has 3 aliphatic rings. The zero-order chi connectivity index (χ0) is 18.9. The third kappa shape index (κ3) is 3.31. The highest BCUT2D eigenvalue weighted by Crippen LogP contribution is 2.34. The number of nitrogens with one attached hydrogen (secondary N) is 2. The fourth-order valence-electron chi connectivity index (χ4n) is 5.10. The lowest BCUT2D eigenvalue weighted by atomic mass is 9.81. The topological polar surface area (TPSA) is 70.2 Å². The minimum absolute atomic E-state index is 0.0612. The predicted octanol–water partition coefficient (Wildman–Crippen LogP) is 2.49. The fraction of sp³-hybridized carbons (Fsp3) is 0.500. The number of nitrogens with zero attached hydrogens (tertiary/aromatic N) is 3. The van der Waals surface area contributed by atoms with Gasteiger partial charge in [0.2, 0.25) is 5.91 Å². The minimum atomic E-state index is -0.0612. The van der Waals surface area contributed by atoms with Crippen LogP contribution in [-0.4, -0.2) is 45.9 Å². The van der Waals surface area contributed by atoms with Gasteiger partial charge in [0.1, 0.15) is 6.04 Å². The van der Waals surface area contributed by atoms with Crippen molar-refractivity contribution in [1.82, 2.24) is 25.7 Å².